The molecular formula is C23H22F3N5O2. The molecule has 2 heterocycles. The second-order valence-electron chi connectivity index (χ2n) is 7.73. The summed E-state index contributed by atoms with van der Waals surface area (Å²) in [5.74, 6) is -0.854. The molecule has 10 heteroatoms. The zero-order valence-corrected chi connectivity index (χ0v) is 17.6. The predicted octanol–water partition coefficient (Wildman–Crippen LogP) is 3.84. The SMILES string of the molecule is NCc1cccc(-n2nc(C(F)(F)F)cc2C(=O)Nc2ccc(C(=O)N3CCCC3)cc2)c1. The molecule has 0 unspecified atom stereocenters. The Kier molecular flexibility index (Phi) is 6.19. The van der Waals surface area contributed by atoms with Gasteiger partial charge in [0.05, 0.1) is 5.69 Å². The van der Waals surface area contributed by atoms with Crippen LogP contribution in [0.3, 0.4) is 0 Å². The summed E-state index contributed by atoms with van der Waals surface area (Å²) in [6, 6.07) is 13.4. The molecule has 7 nitrogen and oxygen atoms in total. The standard InChI is InChI=1S/C23H22F3N5O2/c24-23(25,26)20-13-19(31(29-20)18-5-3-4-15(12-18)14-27)21(32)28-17-8-6-16(7-9-17)22(33)30-10-1-2-11-30/h3-9,12-13H,1-2,10-11,14,27H2,(H,28,32). The lowest BCUT2D eigenvalue weighted by Gasteiger charge is -2.15. The van der Waals surface area contributed by atoms with Gasteiger partial charge >= 0.3 is 6.18 Å². The summed E-state index contributed by atoms with van der Waals surface area (Å²) < 4.78 is 40.9. The highest BCUT2D eigenvalue weighted by Gasteiger charge is 2.36. The van der Waals surface area contributed by atoms with Crippen LogP contribution >= 0.6 is 0 Å². The monoisotopic (exact) mass is 457 g/mol. The summed E-state index contributed by atoms with van der Waals surface area (Å²) in [6.07, 6.45) is -2.77. The van der Waals surface area contributed by atoms with Gasteiger partial charge in [-0.1, -0.05) is 12.1 Å². The Morgan fingerprint density at radius 2 is 1.73 bits per heavy atom. The largest absolute Gasteiger partial charge is 0.435 e. The first-order chi connectivity index (χ1) is 15.8. The summed E-state index contributed by atoms with van der Waals surface area (Å²) >= 11 is 0. The highest BCUT2D eigenvalue weighted by Crippen LogP contribution is 2.30. The normalized spacial score (nSPS) is 13.9. The molecule has 1 saturated heterocycles. The minimum atomic E-state index is -4.72. The Morgan fingerprint density at radius 3 is 2.36 bits per heavy atom. The van der Waals surface area contributed by atoms with E-state index in [1.54, 1.807) is 53.4 Å². The van der Waals surface area contributed by atoms with E-state index in [9.17, 15) is 22.8 Å². The average molecular weight is 457 g/mol. The number of carbonyl (C=O) groups is 2. The van der Waals surface area contributed by atoms with Crippen molar-refractivity contribution >= 4 is 17.5 Å². The molecule has 3 N–H and O–H groups in total. The zero-order chi connectivity index (χ0) is 23.6. The van der Waals surface area contributed by atoms with Crippen LogP contribution in [0.25, 0.3) is 5.69 Å². The molecular weight excluding hydrogens is 435 g/mol. The Hall–Kier alpha value is -3.66. The van der Waals surface area contributed by atoms with Gasteiger partial charge in [-0.25, -0.2) is 4.68 Å². The van der Waals surface area contributed by atoms with Crippen molar-refractivity contribution in [3.63, 3.8) is 0 Å². The van der Waals surface area contributed by atoms with Gasteiger partial charge in [0.2, 0.25) is 0 Å². The number of halogens is 3. The predicted molar refractivity (Wildman–Crippen MR) is 116 cm³/mol. The number of carbonyl (C=O) groups excluding carboxylic acids is 2. The van der Waals surface area contributed by atoms with Gasteiger partial charge in [0.15, 0.2) is 5.69 Å². The van der Waals surface area contributed by atoms with Gasteiger partial charge in [-0.2, -0.15) is 18.3 Å². The maximum atomic E-state index is 13.3. The first-order valence-corrected chi connectivity index (χ1v) is 10.4. The third-order valence-corrected chi connectivity index (χ3v) is 5.41. The van der Waals surface area contributed by atoms with Crippen molar-refractivity contribution in [2.45, 2.75) is 25.6 Å². The second-order valence-corrected chi connectivity index (χ2v) is 7.73. The van der Waals surface area contributed by atoms with Crippen molar-refractivity contribution < 1.29 is 22.8 Å². The van der Waals surface area contributed by atoms with Gasteiger partial charge < -0.3 is 16.0 Å². The molecule has 0 saturated carbocycles. The number of amides is 2. The van der Waals surface area contributed by atoms with Gasteiger partial charge in [-0.15, -0.1) is 0 Å². The number of rotatable bonds is 5. The number of likely N-dealkylation sites (tertiary alicyclic amines) is 1. The molecule has 1 fully saturated rings. The van der Waals surface area contributed by atoms with Crippen molar-refractivity contribution in [2.24, 2.45) is 5.73 Å². The first kappa shape index (κ1) is 22.5. The maximum absolute atomic E-state index is 13.3. The minimum absolute atomic E-state index is 0.0851. The maximum Gasteiger partial charge on any atom is 0.435 e. The number of hydrogen-bond donors (Lipinski definition) is 2. The van der Waals surface area contributed by atoms with Crippen molar-refractivity contribution in [1.29, 1.82) is 0 Å². The minimum Gasteiger partial charge on any atom is -0.339 e. The van der Waals surface area contributed by atoms with Crippen LogP contribution in [0.2, 0.25) is 0 Å². The van der Waals surface area contributed by atoms with Crippen LogP contribution in [-0.4, -0.2) is 39.6 Å². The van der Waals surface area contributed by atoms with Crippen LogP contribution in [0.5, 0.6) is 0 Å². The molecule has 0 spiro atoms. The highest BCUT2D eigenvalue weighted by molar-refractivity contribution is 6.04. The molecule has 4 rings (SSSR count). The summed E-state index contributed by atoms with van der Waals surface area (Å²) in [7, 11) is 0. The molecule has 172 valence electrons. The quantitative estimate of drug-likeness (QED) is 0.609. The fourth-order valence-electron chi connectivity index (χ4n) is 3.69. The van der Waals surface area contributed by atoms with Gasteiger partial charge in [-0.3, -0.25) is 9.59 Å². The third kappa shape index (κ3) is 4.90. The molecule has 33 heavy (non-hydrogen) atoms. The van der Waals surface area contributed by atoms with Crippen LogP contribution in [0.4, 0.5) is 18.9 Å². The Balaban J connectivity index is 1.59. The summed E-state index contributed by atoms with van der Waals surface area (Å²) in [6.45, 7) is 1.62. The lowest BCUT2D eigenvalue weighted by molar-refractivity contribution is -0.141. The van der Waals surface area contributed by atoms with Crippen molar-refractivity contribution in [3.8, 4) is 5.69 Å². The van der Waals surface area contributed by atoms with Crippen molar-refractivity contribution in [1.82, 2.24) is 14.7 Å². The van der Waals surface area contributed by atoms with E-state index in [4.69, 9.17) is 5.73 Å². The Labute approximate surface area is 188 Å². The molecule has 0 bridgehead atoms. The molecule has 1 aromatic heterocycles. The molecule has 2 aromatic carbocycles. The fraction of sp³-hybridized carbons (Fsp3) is 0.261. The fourth-order valence-corrected chi connectivity index (χ4v) is 3.69. The molecule has 2 amide bonds. The summed E-state index contributed by atoms with van der Waals surface area (Å²) in [5, 5.41) is 6.19. The highest BCUT2D eigenvalue weighted by atomic mass is 19.4. The van der Waals surface area contributed by atoms with E-state index in [2.05, 4.69) is 10.4 Å². The van der Waals surface area contributed by atoms with Gasteiger partial charge in [-0.05, 0) is 54.8 Å². The van der Waals surface area contributed by atoms with Gasteiger partial charge in [0.1, 0.15) is 5.69 Å². The van der Waals surface area contributed by atoms with Crippen molar-refractivity contribution in [3.05, 3.63) is 77.1 Å². The van der Waals surface area contributed by atoms with E-state index in [0.717, 1.165) is 17.5 Å². The molecule has 3 aromatic rings. The van der Waals surface area contributed by atoms with E-state index >= 15 is 0 Å². The second kappa shape index (κ2) is 9.07. The van der Waals surface area contributed by atoms with Crippen LogP contribution < -0.4 is 11.1 Å². The van der Waals surface area contributed by atoms with E-state index in [-0.39, 0.29) is 23.8 Å². The van der Waals surface area contributed by atoms with Crippen LogP contribution in [-0.2, 0) is 12.7 Å². The van der Waals surface area contributed by atoms with Crippen molar-refractivity contribution in [2.75, 3.05) is 18.4 Å². The van der Waals surface area contributed by atoms with Gasteiger partial charge in [0.25, 0.3) is 11.8 Å². The van der Waals surface area contributed by atoms with E-state index in [1.807, 2.05) is 0 Å². The zero-order valence-electron chi connectivity index (χ0n) is 17.6. The molecule has 1 aliphatic heterocycles. The number of hydrogen-bond acceptors (Lipinski definition) is 4. The molecule has 0 aliphatic carbocycles. The van der Waals surface area contributed by atoms with Gasteiger partial charge in [0, 0.05) is 37.0 Å². The summed E-state index contributed by atoms with van der Waals surface area (Å²) in [4.78, 5) is 27.1. The summed E-state index contributed by atoms with van der Waals surface area (Å²) in [5.41, 5.74) is 5.95. The van der Waals surface area contributed by atoms with E-state index < -0.39 is 17.8 Å². The first-order valence-electron chi connectivity index (χ1n) is 10.4. The van der Waals surface area contributed by atoms with Crippen LogP contribution in [0.1, 0.15) is 44.9 Å². The number of benzene rings is 2. The van der Waals surface area contributed by atoms with Crippen LogP contribution in [0.15, 0.2) is 54.6 Å². The van der Waals surface area contributed by atoms with E-state index in [1.165, 1.54) is 0 Å². The Morgan fingerprint density at radius 1 is 1.03 bits per heavy atom. The number of aromatic nitrogens is 2. The smallest absolute Gasteiger partial charge is 0.339 e. The molecule has 0 atom stereocenters. The topological polar surface area (TPSA) is 93.2 Å². The molecule has 1 aliphatic rings. The number of nitrogens with zero attached hydrogens (tertiary/aromatic N) is 3. The third-order valence-electron chi connectivity index (χ3n) is 5.41. The number of nitrogens with one attached hydrogen (secondary N) is 1. The Bertz CT molecular complexity index is 1170. The molecule has 0 radical (unpaired) electrons. The van der Waals surface area contributed by atoms with E-state index in [0.29, 0.717) is 36.0 Å². The lowest BCUT2D eigenvalue weighted by atomic mass is 10.1. The average Bonchev–Trinajstić information content (AvgIpc) is 3.49. The number of anilines is 1. The number of nitrogens with two attached hydrogens (primary N) is 1. The van der Waals surface area contributed by atoms with Crippen LogP contribution in [0, 0.1) is 0 Å². The number of alkyl halides is 3. The lowest BCUT2D eigenvalue weighted by Crippen LogP contribution is -2.27.